The van der Waals surface area contributed by atoms with E-state index in [1.54, 1.807) is 43.3 Å². The first-order valence-corrected chi connectivity index (χ1v) is 10.0. The van der Waals surface area contributed by atoms with E-state index in [0.29, 0.717) is 22.8 Å². The zero-order valence-electron chi connectivity index (χ0n) is 17.5. The summed E-state index contributed by atoms with van der Waals surface area (Å²) in [4.78, 5) is 23.8. The quantitative estimate of drug-likeness (QED) is 0.668. The van der Waals surface area contributed by atoms with Gasteiger partial charge in [-0.3, -0.25) is 4.79 Å². The third kappa shape index (κ3) is 4.00. The summed E-state index contributed by atoms with van der Waals surface area (Å²) in [6, 6.07) is 5.23. The Hall–Kier alpha value is -3.36. The fraction of sp³-hybridized carbons (Fsp3) is 0.429. The predicted molar refractivity (Wildman–Crippen MR) is 114 cm³/mol. The van der Waals surface area contributed by atoms with Gasteiger partial charge in [0.25, 0.3) is 0 Å². The summed E-state index contributed by atoms with van der Waals surface area (Å²) in [5.41, 5.74) is 1.22. The molecule has 158 valence electrons. The van der Waals surface area contributed by atoms with Crippen molar-refractivity contribution >= 4 is 28.4 Å². The van der Waals surface area contributed by atoms with E-state index >= 15 is 0 Å². The van der Waals surface area contributed by atoms with Crippen molar-refractivity contribution < 1.29 is 14.3 Å². The van der Waals surface area contributed by atoms with Crippen LogP contribution in [0.4, 0.5) is 11.5 Å². The van der Waals surface area contributed by atoms with Gasteiger partial charge in [-0.1, -0.05) is 6.92 Å². The lowest BCUT2D eigenvalue weighted by atomic mass is 9.99. The molecule has 9 nitrogen and oxygen atoms in total. The highest BCUT2D eigenvalue weighted by Crippen LogP contribution is 2.29. The molecule has 1 N–H and O–H groups in total. The molecule has 0 aliphatic carbocycles. The van der Waals surface area contributed by atoms with E-state index in [4.69, 9.17) is 9.47 Å². The Morgan fingerprint density at radius 2 is 2.00 bits per heavy atom. The number of aromatic nitrogens is 4. The van der Waals surface area contributed by atoms with Crippen molar-refractivity contribution in [2.45, 2.75) is 26.3 Å². The molecule has 4 rings (SSSR count). The second kappa shape index (κ2) is 8.56. The van der Waals surface area contributed by atoms with Crippen LogP contribution in [-0.2, 0) is 11.3 Å². The normalized spacial score (nSPS) is 14.7. The number of fused-ring (bicyclic) bond motifs is 1. The molecule has 1 saturated heterocycles. The molecule has 0 radical (unpaired) electrons. The third-order valence-corrected chi connectivity index (χ3v) is 5.47. The number of hydrogen-bond acceptors (Lipinski definition) is 7. The van der Waals surface area contributed by atoms with Crippen molar-refractivity contribution in [3.8, 4) is 11.5 Å². The van der Waals surface area contributed by atoms with Crippen molar-refractivity contribution in [1.29, 1.82) is 0 Å². The number of amides is 1. The van der Waals surface area contributed by atoms with Gasteiger partial charge in [0.1, 0.15) is 30.2 Å². The minimum Gasteiger partial charge on any atom is -0.497 e. The number of hydrogen-bond donors (Lipinski definition) is 1. The highest BCUT2D eigenvalue weighted by molar-refractivity contribution is 5.94. The summed E-state index contributed by atoms with van der Waals surface area (Å²) in [6.45, 7) is 4.25. The maximum Gasteiger partial charge on any atom is 0.246 e. The van der Waals surface area contributed by atoms with Crippen molar-refractivity contribution in [3.05, 3.63) is 30.7 Å². The monoisotopic (exact) mass is 410 g/mol. The first-order valence-electron chi connectivity index (χ1n) is 10.0. The topological polar surface area (TPSA) is 94.4 Å². The number of rotatable bonds is 6. The molecule has 3 aromatic rings. The second-order valence-electron chi connectivity index (χ2n) is 7.52. The molecule has 9 heteroatoms. The molecule has 30 heavy (non-hydrogen) atoms. The molecule has 1 fully saturated rings. The summed E-state index contributed by atoms with van der Waals surface area (Å²) in [5.74, 6) is 2.57. The Bertz CT molecular complexity index is 1040. The SMILES string of the molecule is COc1ccc(NC(=O)Cn2ncc3c(N4CCC(C)CC4)ncnc32)c(OC)c1. The standard InChI is InChI=1S/C21H26N6O3/c1-14-6-8-26(9-7-14)20-16-11-24-27(21(16)23-13-22-20)12-19(28)25-17-5-4-15(29-2)10-18(17)30-3/h4-5,10-11,13-14H,6-9,12H2,1-3H3,(H,25,28). The van der Waals surface area contributed by atoms with Crippen molar-refractivity contribution in [1.82, 2.24) is 19.7 Å². The van der Waals surface area contributed by atoms with Crippen LogP contribution in [0.2, 0.25) is 0 Å². The maximum atomic E-state index is 12.7. The molecular weight excluding hydrogens is 384 g/mol. The van der Waals surface area contributed by atoms with Gasteiger partial charge in [-0.25, -0.2) is 14.6 Å². The van der Waals surface area contributed by atoms with Gasteiger partial charge in [0.2, 0.25) is 5.91 Å². The molecule has 1 aliphatic heterocycles. The average Bonchev–Trinajstić information content (AvgIpc) is 3.17. The summed E-state index contributed by atoms with van der Waals surface area (Å²) < 4.78 is 12.1. The average molecular weight is 410 g/mol. The van der Waals surface area contributed by atoms with E-state index in [2.05, 4.69) is 32.2 Å². The fourth-order valence-electron chi connectivity index (χ4n) is 3.70. The summed E-state index contributed by atoms with van der Waals surface area (Å²) in [6.07, 6.45) is 5.57. The minimum atomic E-state index is -0.226. The summed E-state index contributed by atoms with van der Waals surface area (Å²) in [7, 11) is 3.13. The number of methoxy groups -OCH3 is 2. The molecular formula is C21H26N6O3. The van der Waals surface area contributed by atoms with Crippen molar-refractivity contribution in [2.75, 3.05) is 37.5 Å². The number of anilines is 2. The minimum absolute atomic E-state index is 0.0339. The molecule has 1 aliphatic rings. The lowest BCUT2D eigenvalue weighted by molar-refractivity contribution is -0.116. The highest BCUT2D eigenvalue weighted by Gasteiger charge is 2.21. The van der Waals surface area contributed by atoms with E-state index in [0.717, 1.165) is 43.1 Å². The fourth-order valence-corrected chi connectivity index (χ4v) is 3.70. The van der Waals surface area contributed by atoms with Crippen LogP contribution in [0.15, 0.2) is 30.7 Å². The molecule has 3 heterocycles. The van der Waals surface area contributed by atoms with Crippen molar-refractivity contribution in [3.63, 3.8) is 0 Å². The van der Waals surface area contributed by atoms with Gasteiger partial charge in [-0.05, 0) is 30.9 Å². The Morgan fingerprint density at radius 1 is 1.20 bits per heavy atom. The van der Waals surface area contributed by atoms with Crippen LogP contribution in [0, 0.1) is 5.92 Å². The second-order valence-corrected chi connectivity index (χ2v) is 7.52. The van der Waals surface area contributed by atoms with Crippen LogP contribution in [-0.4, -0.2) is 53.0 Å². The Balaban J connectivity index is 1.52. The van der Waals surface area contributed by atoms with E-state index in [1.165, 1.54) is 6.33 Å². The van der Waals surface area contributed by atoms with Gasteiger partial charge in [0.05, 0.1) is 31.5 Å². The Labute approximate surface area is 175 Å². The number of carbonyl (C=O) groups is 1. The van der Waals surface area contributed by atoms with Crippen LogP contribution >= 0.6 is 0 Å². The van der Waals surface area contributed by atoms with Gasteiger partial charge in [-0.15, -0.1) is 0 Å². The van der Waals surface area contributed by atoms with Crippen molar-refractivity contribution in [2.24, 2.45) is 5.92 Å². The van der Waals surface area contributed by atoms with E-state index < -0.39 is 0 Å². The van der Waals surface area contributed by atoms with Gasteiger partial charge in [0, 0.05) is 19.2 Å². The Morgan fingerprint density at radius 3 is 2.73 bits per heavy atom. The van der Waals surface area contributed by atoms with Crippen LogP contribution in [0.3, 0.4) is 0 Å². The molecule has 0 saturated carbocycles. The van der Waals surface area contributed by atoms with E-state index in [-0.39, 0.29) is 12.5 Å². The first-order chi connectivity index (χ1) is 14.6. The zero-order chi connectivity index (χ0) is 21.1. The van der Waals surface area contributed by atoms with Gasteiger partial charge < -0.3 is 19.7 Å². The van der Waals surface area contributed by atoms with E-state index in [1.807, 2.05) is 0 Å². The van der Waals surface area contributed by atoms with Crippen LogP contribution in [0.1, 0.15) is 19.8 Å². The molecule has 0 bridgehead atoms. The maximum absolute atomic E-state index is 12.7. The number of nitrogens with zero attached hydrogens (tertiary/aromatic N) is 5. The zero-order valence-corrected chi connectivity index (χ0v) is 17.5. The van der Waals surface area contributed by atoms with Gasteiger partial charge in [0.15, 0.2) is 5.65 Å². The molecule has 2 aromatic heterocycles. The molecule has 1 amide bonds. The number of ether oxygens (including phenoxy) is 2. The number of carbonyl (C=O) groups excluding carboxylic acids is 1. The lowest BCUT2D eigenvalue weighted by Crippen LogP contribution is -2.33. The number of benzene rings is 1. The molecule has 0 atom stereocenters. The van der Waals surface area contributed by atoms with Crippen LogP contribution in [0.25, 0.3) is 11.0 Å². The summed E-state index contributed by atoms with van der Waals surface area (Å²) in [5, 5.41) is 8.12. The Kier molecular flexibility index (Phi) is 5.69. The van der Waals surface area contributed by atoms with Crippen LogP contribution < -0.4 is 19.7 Å². The van der Waals surface area contributed by atoms with Gasteiger partial charge in [-0.2, -0.15) is 5.10 Å². The summed E-state index contributed by atoms with van der Waals surface area (Å²) >= 11 is 0. The molecule has 0 unspecified atom stereocenters. The lowest BCUT2D eigenvalue weighted by Gasteiger charge is -2.31. The smallest absolute Gasteiger partial charge is 0.246 e. The number of piperidine rings is 1. The number of nitrogens with one attached hydrogen (secondary N) is 1. The predicted octanol–water partition coefficient (Wildman–Crippen LogP) is 2.72. The third-order valence-electron chi connectivity index (χ3n) is 5.47. The van der Waals surface area contributed by atoms with Gasteiger partial charge >= 0.3 is 0 Å². The highest BCUT2D eigenvalue weighted by atomic mass is 16.5. The largest absolute Gasteiger partial charge is 0.497 e. The van der Waals surface area contributed by atoms with E-state index in [9.17, 15) is 4.79 Å². The first kappa shape index (κ1) is 19.9. The molecule has 1 aromatic carbocycles. The molecule has 0 spiro atoms. The van der Waals surface area contributed by atoms with Crippen LogP contribution in [0.5, 0.6) is 11.5 Å².